The second kappa shape index (κ2) is 4.95. The zero-order valence-electron chi connectivity index (χ0n) is 8.69. The number of halogens is 1. The van der Waals surface area contributed by atoms with E-state index in [1.807, 2.05) is 54.6 Å². The second-order valence-corrected chi connectivity index (χ2v) is 3.75. The van der Waals surface area contributed by atoms with Crippen LogP contribution in [-0.4, -0.2) is 5.78 Å². The predicted molar refractivity (Wildman–Crippen MR) is 65.9 cm³/mol. The van der Waals surface area contributed by atoms with Crippen LogP contribution in [-0.2, 0) is 5.88 Å². The zero-order valence-corrected chi connectivity index (χ0v) is 9.45. The summed E-state index contributed by atoms with van der Waals surface area (Å²) in [4.78, 5) is 12.2. The van der Waals surface area contributed by atoms with Gasteiger partial charge in [0.25, 0.3) is 0 Å². The Hall–Kier alpha value is -1.60. The number of ketones is 1. The van der Waals surface area contributed by atoms with Gasteiger partial charge >= 0.3 is 0 Å². The van der Waals surface area contributed by atoms with Crippen LogP contribution >= 0.6 is 11.6 Å². The van der Waals surface area contributed by atoms with Crippen molar-refractivity contribution in [2.75, 3.05) is 0 Å². The number of alkyl halides is 1. The van der Waals surface area contributed by atoms with Crippen molar-refractivity contribution in [3.05, 3.63) is 71.3 Å². The van der Waals surface area contributed by atoms with Gasteiger partial charge in [0, 0.05) is 17.0 Å². The maximum absolute atomic E-state index is 12.2. The molecule has 0 saturated heterocycles. The van der Waals surface area contributed by atoms with E-state index >= 15 is 0 Å². The Bertz CT molecular complexity index is 491. The summed E-state index contributed by atoms with van der Waals surface area (Å²) in [7, 11) is 0. The van der Waals surface area contributed by atoms with E-state index in [0.29, 0.717) is 17.0 Å². The lowest BCUT2D eigenvalue weighted by atomic mass is 9.99. The van der Waals surface area contributed by atoms with Gasteiger partial charge in [-0.15, -0.1) is 11.6 Å². The van der Waals surface area contributed by atoms with E-state index in [2.05, 4.69) is 0 Å². The lowest BCUT2D eigenvalue weighted by molar-refractivity contribution is 0.103. The van der Waals surface area contributed by atoms with Crippen molar-refractivity contribution < 1.29 is 4.79 Å². The quantitative estimate of drug-likeness (QED) is 0.581. The highest BCUT2D eigenvalue weighted by atomic mass is 35.5. The summed E-state index contributed by atoms with van der Waals surface area (Å²) < 4.78 is 0. The Kier molecular flexibility index (Phi) is 3.37. The van der Waals surface area contributed by atoms with E-state index in [-0.39, 0.29) is 5.78 Å². The molecule has 0 heterocycles. The molecular formula is C14H11ClO. The fourth-order valence-corrected chi connectivity index (χ4v) is 1.84. The largest absolute Gasteiger partial charge is 0.289 e. The molecule has 0 saturated carbocycles. The highest BCUT2D eigenvalue weighted by Crippen LogP contribution is 2.16. The summed E-state index contributed by atoms with van der Waals surface area (Å²) in [5.41, 5.74) is 2.25. The molecule has 0 amide bonds. The molecule has 0 aromatic heterocycles. The lowest BCUT2D eigenvalue weighted by Crippen LogP contribution is -2.04. The molecule has 0 aliphatic carbocycles. The van der Waals surface area contributed by atoms with Crippen molar-refractivity contribution in [3.8, 4) is 0 Å². The molecule has 2 heteroatoms. The van der Waals surface area contributed by atoms with Gasteiger partial charge in [-0.25, -0.2) is 0 Å². The first-order valence-corrected chi connectivity index (χ1v) is 5.60. The Morgan fingerprint density at radius 2 is 1.56 bits per heavy atom. The Morgan fingerprint density at radius 3 is 2.25 bits per heavy atom. The molecule has 0 aliphatic heterocycles. The maximum Gasteiger partial charge on any atom is 0.193 e. The number of benzene rings is 2. The summed E-state index contributed by atoms with van der Waals surface area (Å²) in [6.07, 6.45) is 0. The van der Waals surface area contributed by atoms with Crippen LogP contribution in [0.3, 0.4) is 0 Å². The fourth-order valence-electron chi connectivity index (χ4n) is 1.60. The van der Waals surface area contributed by atoms with E-state index in [1.54, 1.807) is 0 Å². The van der Waals surface area contributed by atoms with Crippen LogP contribution in [0.4, 0.5) is 0 Å². The van der Waals surface area contributed by atoms with Crippen molar-refractivity contribution in [2.24, 2.45) is 0 Å². The molecule has 2 aromatic carbocycles. The molecule has 0 bridgehead atoms. The Labute approximate surface area is 99.7 Å². The summed E-state index contributed by atoms with van der Waals surface area (Å²) in [5.74, 6) is 0.381. The van der Waals surface area contributed by atoms with Gasteiger partial charge in [0.15, 0.2) is 5.78 Å². The highest BCUT2D eigenvalue weighted by Gasteiger charge is 2.11. The minimum Gasteiger partial charge on any atom is -0.289 e. The summed E-state index contributed by atoms with van der Waals surface area (Å²) >= 11 is 5.81. The molecule has 0 N–H and O–H groups in total. The molecule has 80 valence electrons. The van der Waals surface area contributed by atoms with Gasteiger partial charge in [0.1, 0.15) is 0 Å². The first-order valence-electron chi connectivity index (χ1n) is 5.06. The van der Waals surface area contributed by atoms with Crippen LogP contribution in [0, 0.1) is 0 Å². The van der Waals surface area contributed by atoms with Crippen LogP contribution < -0.4 is 0 Å². The standard InChI is InChI=1S/C14H11ClO/c15-10-12-8-4-5-9-13(12)14(16)11-6-2-1-3-7-11/h1-9H,10H2. The minimum atomic E-state index is 0.0249. The van der Waals surface area contributed by atoms with Gasteiger partial charge in [-0.3, -0.25) is 4.79 Å². The van der Waals surface area contributed by atoms with Gasteiger partial charge in [0.2, 0.25) is 0 Å². The monoisotopic (exact) mass is 230 g/mol. The van der Waals surface area contributed by atoms with Gasteiger partial charge in [-0.1, -0.05) is 54.6 Å². The first kappa shape index (κ1) is 10.9. The molecule has 0 atom stereocenters. The van der Waals surface area contributed by atoms with Crippen LogP contribution in [0.15, 0.2) is 54.6 Å². The van der Waals surface area contributed by atoms with Crippen LogP contribution in [0.1, 0.15) is 21.5 Å². The predicted octanol–water partition coefficient (Wildman–Crippen LogP) is 3.66. The molecule has 2 aromatic rings. The van der Waals surface area contributed by atoms with Crippen molar-refractivity contribution in [1.29, 1.82) is 0 Å². The smallest absolute Gasteiger partial charge is 0.193 e. The minimum absolute atomic E-state index is 0.0249. The third kappa shape index (κ3) is 2.15. The number of carbonyl (C=O) groups is 1. The zero-order chi connectivity index (χ0) is 11.4. The van der Waals surface area contributed by atoms with E-state index < -0.39 is 0 Å². The second-order valence-electron chi connectivity index (χ2n) is 3.49. The van der Waals surface area contributed by atoms with Crippen molar-refractivity contribution in [1.82, 2.24) is 0 Å². The molecule has 2 rings (SSSR count). The summed E-state index contributed by atoms with van der Waals surface area (Å²) in [6.45, 7) is 0. The third-order valence-corrected chi connectivity index (χ3v) is 2.73. The van der Waals surface area contributed by atoms with Crippen molar-refractivity contribution in [3.63, 3.8) is 0 Å². The van der Waals surface area contributed by atoms with Crippen molar-refractivity contribution in [2.45, 2.75) is 5.88 Å². The lowest BCUT2D eigenvalue weighted by Gasteiger charge is -2.05. The molecule has 0 unspecified atom stereocenters. The number of hydrogen-bond acceptors (Lipinski definition) is 1. The molecule has 1 nitrogen and oxygen atoms in total. The van der Waals surface area contributed by atoms with E-state index in [0.717, 1.165) is 5.56 Å². The van der Waals surface area contributed by atoms with Crippen LogP contribution in [0.5, 0.6) is 0 Å². The van der Waals surface area contributed by atoms with E-state index in [9.17, 15) is 4.79 Å². The van der Waals surface area contributed by atoms with Crippen LogP contribution in [0.25, 0.3) is 0 Å². The van der Waals surface area contributed by atoms with E-state index in [4.69, 9.17) is 11.6 Å². The highest BCUT2D eigenvalue weighted by molar-refractivity contribution is 6.18. The van der Waals surface area contributed by atoms with Crippen molar-refractivity contribution >= 4 is 17.4 Å². The van der Waals surface area contributed by atoms with Gasteiger partial charge in [-0.05, 0) is 5.56 Å². The van der Waals surface area contributed by atoms with Gasteiger partial charge < -0.3 is 0 Å². The molecule has 0 aliphatic rings. The average molecular weight is 231 g/mol. The Morgan fingerprint density at radius 1 is 0.938 bits per heavy atom. The number of rotatable bonds is 3. The van der Waals surface area contributed by atoms with Crippen LogP contribution in [0.2, 0.25) is 0 Å². The SMILES string of the molecule is O=C(c1ccccc1)c1ccccc1CCl. The number of hydrogen-bond donors (Lipinski definition) is 0. The molecule has 0 spiro atoms. The fraction of sp³-hybridized carbons (Fsp3) is 0.0714. The third-order valence-electron chi connectivity index (χ3n) is 2.44. The average Bonchev–Trinajstić information content (AvgIpc) is 2.39. The molecule has 0 radical (unpaired) electrons. The van der Waals surface area contributed by atoms with Gasteiger partial charge in [0.05, 0.1) is 0 Å². The molecule has 0 fully saturated rings. The summed E-state index contributed by atoms with van der Waals surface area (Å²) in [5, 5.41) is 0. The first-order chi connectivity index (χ1) is 7.83. The van der Waals surface area contributed by atoms with Gasteiger partial charge in [-0.2, -0.15) is 0 Å². The summed E-state index contributed by atoms with van der Waals surface area (Å²) in [6, 6.07) is 16.7. The Balaban J connectivity index is 2.42. The maximum atomic E-state index is 12.2. The normalized spacial score (nSPS) is 10.1. The molecule has 16 heavy (non-hydrogen) atoms. The molecular weight excluding hydrogens is 220 g/mol. The number of carbonyl (C=O) groups excluding carboxylic acids is 1. The van der Waals surface area contributed by atoms with E-state index in [1.165, 1.54) is 0 Å². The topological polar surface area (TPSA) is 17.1 Å².